The van der Waals surface area contributed by atoms with Gasteiger partial charge in [0, 0.05) is 0 Å². The number of H-pyrrole nitrogens is 1. The van der Waals surface area contributed by atoms with Crippen molar-refractivity contribution in [1.82, 2.24) is 10.2 Å². The van der Waals surface area contributed by atoms with E-state index in [1.165, 1.54) is 0 Å². The zero-order valence-electron chi connectivity index (χ0n) is 11.4. The Labute approximate surface area is 130 Å². The summed E-state index contributed by atoms with van der Waals surface area (Å²) >= 11 is 3.38. The number of aromatic amines is 1. The van der Waals surface area contributed by atoms with Gasteiger partial charge in [-0.3, -0.25) is 5.10 Å². The van der Waals surface area contributed by atoms with Crippen LogP contribution >= 0.6 is 15.9 Å². The highest BCUT2D eigenvalue weighted by molar-refractivity contribution is 9.10. The molecule has 3 N–H and O–H groups in total. The Bertz CT molecular complexity index is 747. The van der Waals surface area contributed by atoms with Gasteiger partial charge >= 0.3 is 0 Å². The summed E-state index contributed by atoms with van der Waals surface area (Å²) in [5.41, 5.74) is 9.51. The predicted molar refractivity (Wildman–Crippen MR) is 85.0 cm³/mol. The Morgan fingerprint density at radius 3 is 2.67 bits per heavy atom. The van der Waals surface area contributed by atoms with Crippen LogP contribution in [0, 0.1) is 0 Å². The van der Waals surface area contributed by atoms with E-state index in [4.69, 9.17) is 14.9 Å². The molecule has 3 rings (SSSR count). The number of anilines is 1. The lowest BCUT2D eigenvalue weighted by Crippen LogP contribution is -1.92. The zero-order valence-corrected chi connectivity index (χ0v) is 13.0. The van der Waals surface area contributed by atoms with Gasteiger partial charge in [0.15, 0.2) is 10.5 Å². The van der Waals surface area contributed by atoms with Gasteiger partial charge in [0.25, 0.3) is 0 Å². The van der Waals surface area contributed by atoms with Gasteiger partial charge in [0.05, 0.1) is 29.7 Å². The van der Waals surface area contributed by atoms with E-state index in [2.05, 4.69) is 26.1 Å². The van der Waals surface area contributed by atoms with Crippen LogP contribution in [0.25, 0.3) is 22.4 Å². The summed E-state index contributed by atoms with van der Waals surface area (Å²) in [6.45, 7) is 2.59. The highest BCUT2D eigenvalue weighted by Crippen LogP contribution is 2.38. The minimum Gasteiger partial charge on any atom is -0.494 e. The van der Waals surface area contributed by atoms with Gasteiger partial charge in [-0.25, -0.2) is 0 Å². The molecule has 2 heterocycles. The Morgan fingerprint density at radius 2 is 2.05 bits per heavy atom. The van der Waals surface area contributed by atoms with E-state index in [0.29, 0.717) is 17.1 Å². The molecule has 0 saturated carbocycles. The smallest absolute Gasteiger partial charge is 0.178 e. The van der Waals surface area contributed by atoms with Crippen LogP contribution in [0.15, 0.2) is 45.7 Å². The summed E-state index contributed by atoms with van der Waals surface area (Å²) in [6.07, 6.45) is 1.61. The molecule has 3 aromatic rings. The number of aromatic nitrogens is 2. The molecule has 5 nitrogen and oxygen atoms in total. The third-order valence-corrected chi connectivity index (χ3v) is 3.75. The number of halogens is 1. The van der Waals surface area contributed by atoms with Crippen molar-refractivity contribution in [3.05, 3.63) is 41.3 Å². The molecule has 0 aliphatic heterocycles. The van der Waals surface area contributed by atoms with E-state index in [9.17, 15) is 0 Å². The van der Waals surface area contributed by atoms with Crippen LogP contribution in [0.3, 0.4) is 0 Å². The number of hydrogen-bond acceptors (Lipinski definition) is 4. The third kappa shape index (κ3) is 2.54. The van der Waals surface area contributed by atoms with Crippen LogP contribution < -0.4 is 10.5 Å². The lowest BCUT2D eigenvalue weighted by atomic mass is 10.0. The topological polar surface area (TPSA) is 77.1 Å². The first-order valence-electron chi connectivity index (χ1n) is 6.51. The zero-order chi connectivity index (χ0) is 14.8. The van der Waals surface area contributed by atoms with Crippen molar-refractivity contribution < 1.29 is 9.15 Å². The van der Waals surface area contributed by atoms with Crippen LogP contribution in [-0.2, 0) is 0 Å². The Balaban J connectivity index is 2.06. The summed E-state index contributed by atoms with van der Waals surface area (Å²) in [6, 6.07) is 9.61. The molecule has 1 aromatic carbocycles. The van der Waals surface area contributed by atoms with Crippen molar-refractivity contribution >= 4 is 21.7 Å². The minimum absolute atomic E-state index is 0.447. The number of nitrogens with two attached hydrogens (primary N) is 1. The minimum atomic E-state index is 0.447. The molecule has 0 saturated heterocycles. The lowest BCUT2D eigenvalue weighted by molar-refractivity contribution is 0.340. The molecular formula is C15H14BrN3O2. The van der Waals surface area contributed by atoms with Gasteiger partial charge in [-0.2, -0.15) is 5.10 Å². The van der Waals surface area contributed by atoms with E-state index in [0.717, 1.165) is 28.1 Å². The predicted octanol–water partition coefficient (Wildman–Crippen LogP) is 4.08. The molecule has 0 bridgehead atoms. The van der Waals surface area contributed by atoms with Crippen molar-refractivity contribution in [3.63, 3.8) is 0 Å². The van der Waals surface area contributed by atoms with Gasteiger partial charge in [0.2, 0.25) is 0 Å². The van der Waals surface area contributed by atoms with Crippen molar-refractivity contribution in [2.75, 3.05) is 12.3 Å². The van der Waals surface area contributed by atoms with Crippen LogP contribution in [0.1, 0.15) is 6.92 Å². The fraction of sp³-hybridized carbons (Fsp3) is 0.133. The average Bonchev–Trinajstić information content (AvgIpc) is 3.06. The number of benzene rings is 1. The number of furan rings is 1. The van der Waals surface area contributed by atoms with Crippen molar-refractivity contribution in [2.45, 2.75) is 6.92 Å². The number of nitrogen functional groups attached to an aromatic ring is 1. The SMILES string of the molecule is CCOc1ccc(-c2c(N)n[nH]c2-c2ccoc2Br)cc1. The monoisotopic (exact) mass is 347 g/mol. The molecule has 0 aliphatic carbocycles. The second-order valence-electron chi connectivity index (χ2n) is 4.42. The van der Waals surface area contributed by atoms with Crippen LogP contribution in [0.5, 0.6) is 5.75 Å². The van der Waals surface area contributed by atoms with E-state index in [1.54, 1.807) is 6.26 Å². The molecular weight excluding hydrogens is 334 g/mol. The van der Waals surface area contributed by atoms with E-state index in [1.807, 2.05) is 37.3 Å². The van der Waals surface area contributed by atoms with Crippen LogP contribution in [0.2, 0.25) is 0 Å². The molecule has 0 amide bonds. The summed E-state index contributed by atoms with van der Waals surface area (Å²) in [7, 11) is 0. The largest absolute Gasteiger partial charge is 0.494 e. The number of rotatable bonds is 4. The van der Waals surface area contributed by atoms with E-state index >= 15 is 0 Å². The lowest BCUT2D eigenvalue weighted by Gasteiger charge is -2.06. The fourth-order valence-electron chi connectivity index (χ4n) is 2.20. The summed E-state index contributed by atoms with van der Waals surface area (Å²) in [5, 5.41) is 7.07. The number of nitrogens with one attached hydrogen (secondary N) is 1. The maximum Gasteiger partial charge on any atom is 0.178 e. The molecule has 0 atom stereocenters. The molecule has 6 heteroatoms. The van der Waals surface area contributed by atoms with Crippen LogP contribution in [-0.4, -0.2) is 16.8 Å². The van der Waals surface area contributed by atoms with Crippen LogP contribution in [0.4, 0.5) is 5.82 Å². The second kappa shape index (κ2) is 5.65. The van der Waals surface area contributed by atoms with Gasteiger partial charge in [-0.1, -0.05) is 12.1 Å². The molecule has 0 radical (unpaired) electrons. The maximum absolute atomic E-state index is 6.01. The Hall–Kier alpha value is -2.21. The fourth-order valence-corrected chi connectivity index (χ4v) is 2.64. The van der Waals surface area contributed by atoms with Gasteiger partial charge in [-0.15, -0.1) is 0 Å². The summed E-state index contributed by atoms with van der Waals surface area (Å²) in [5.74, 6) is 1.27. The summed E-state index contributed by atoms with van der Waals surface area (Å²) in [4.78, 5) is 0. The van der Waals surface area contributed by atoms with E-state index in [-0.39, 0.29) is 0 Å². The first-order chi connectivity index (χ1) is 10.2. The van der Waals surface area contributed by atoms with Gasteiger partial charge in [0.1, 0.15) is 5.75 Å². The quantitative estimate of drug-likeness (QED) is 0.745. The molecule has 0 fully saturated rings. The summed E-state index contributed by atoms with van der Waals surface area (Å²) < 4.78 is 11.4. The van der Waals surface area contributed by atoms with Crippen molar-refractivity contribution in [2.24, 2.45) is 0 Å². The second-order valence-corrected chi connectivity index (χ2v) is 5.14. The Kier molecular flexibility index (Phi) is 3.70. The normalized spacial score (nSPS) is 10.8. The third-order valence-electron chi connectivity index (χ3n) is 3.14. The highest BCUT2D eigenvalue weighted by atomic mass is 79.9. The van der Waals surface area contributed by atoms with Crippen molar-refractivity contribution in [1.29, 1.82) is 0 Å². The first kappa shape index (κ1) is 13.8. The number of nitrogens with zero attached hydrogens (tertiary/aromatic N) is 1. The first-order valence-corrected chi connectivity index (χ1v) is 7.30. The molecule has 0 spiro atoms. The molecule has 2 aromatic heterocycles. The van der Waals surface area contributed by atoms with E-state index < -0.39 is 0 Å². The van der Waals surface area contributed by atoms with Gasteiger partial charge in [-0.05, 0) is 46.6 Å². The van der Waals surface area contributed by atoms with Gasteiger partial charge < -0.3 is 14.9 Å². The van der Waals surface area contributed by atoms with Crippen molar-refractivity contribution in [3.8, 4) is 28.1 Å². The Morgan fingerprint density at radius 1 is 1.29 bits per heavy atom. The average molecular weight is 348 g/mol. The molecule has 0 aliphatic rings. The number of ether oxygens (including phenoxy) is 1. The molecule has 108 valence electrons. The maximum atomic E-state index is 6.01. The number of hydrogen-bond donors (Lipinski definition) is 2. The molecule has 21 heavy (non-hydrogen) atoms. The molecule has 0 unspecified atom stereocenters. The standard InChI is InChI=1S/C15H14BrN3O2/c1-2-20-10-5-3-9(4-6-10)12-13(18-19-15(12)17)11-7-8-21-14(11)16/h3-8H,2H2,1H3,(H3,17,18,19). The highest BCUT2D eigenvalue weighted by Gasteiger charge is 2.18.